The van der Waals surface area contributed by atoms with E-state index in [1.807, 2.05) is 30.3 Å². The Labute approximate surface area is 290 Å². The Morgan fingerprint density at radius 3 is 2.29 bits per heavy atom. The number of sulfonamides is 1. The van der Waals surface area contributed by atoms with E-state index in [2.05, 4.69) is 29.0 Å². The van der Waals surface area contributed by atoms with Gasteiger partial charge in [0.2, 0.25) is 0 Å². The maximum atomic E-state index is 14.0. The van der Waals surface area contributed by atoms with E-state index in [9.17, 15) is 34.8 Å². The minimum Gasteiger partial charge on any atom is -0.380 e. The Morgan fingerprint density at radius 2 is 1.65 bits per heavy atom. The zero-order valence-corrected chi connectivity index (χ0v) is 29.7. The molecule has 3 aromatic rings. The van der Waals surface area contributed by atoms with Crippen LogP contribution < -0.4 is 10.0 Å². The number of nitrogens with one attached hydrogen (secondary N) is 2. The second kappa shape index (κ2) is 17.2. The second-order valence-electron chi connectivity index (χ2n) is 11.4. The van der Waals surface area contributed by atoms with Crippen molar-refractivity contribution in [2.24, 2.45) is 0 Å². The molecule has 49 heavy (non-hydrogen) atoms. The van der Waals surface area contributed by atoms with Crippen molar-refractivity contribution in [3.05, 3.63) is 84.4 Å². The van der Waals surface area contributed by atoms with Gasteiger partial charge in [-0.25, -0.2) is 21.6 Å². The van der Waals surface area contributed by atoms with Crippen molar-refractivity contribution in [2.45, 2.75) is 52.5 Å². The Morgan fingerprint density at radius 1 is 1.00 bits per heavy atom. The highest BCUT2D eigenvalue weighted by atomic mass is 32.2. The van der Waals surface area contributed by atoms with Crippen LogP contribution in [-0.2, 0) is 24.6 Å². The first-order valence-corrected chi connectivity index (χ1v) is 19.8. The summed E-state index contributed by atoms with van der Waals surface area (Å²) in [6.45, 7) is 8.99. The molecule has 0 bridgehead atoms. The largest absolute Gasteiger partial charge is 0.501 e. The standard InChI is InChI=1S/C33H41F3N4O6S3/c1-3-39(4-2)22-27-23-46-20-19-40(27)18-17-26(24-47-28-13-9-6-10-14-28)37-30-16-15-29(21-31(30)48(42,43)33(34,35)36)49(44,45)38-32(41)25-11-7-5-8-12-25/h5-16,21,26-27,37H,3-4,17-20,22-24H2,1-2H3,(H,38,41)/t26-,27-/m1/s1. The number of ether oxygens (including phenoxy) is 1. The monoisotopic (exact) mass is 742 g/mol. The number of sulfone groups is 1. The summed E-state index contributed by atoms with van der Waals surface area (Å²) in [5.74, 6) is -0.656. The molecule has 2 atom stereocenters. The third-order valence-corrected chi connectivity index (χ3v) is 12.2. The zero-order valence-electron chi connectivity index (χ0n) is 27.2. The highest BCUT2D eigenvalue weighted by molar-refractivity contribution is 7.99. The third kappa shape index (κ3) is 10.4. The van der Waals surface area contributed by atoms with E-state index in [-0.39, 0.29) is 11.6 Å². The molecule has 0 aromatic heterocycles. The van der Waals surface area contributed by atoms with Gasteiger partial charge >= 0.3 is 5.51 Å². The predicted molar refractivity (Wildman–Crippen MR) is 184 cm³/mol. The number of rotatable bonds is 16. The number of morpholine rings is 1. The molecule has 1 aliphatic rings. The fourth-order valence-electron chi connectivity index (χ4n) is 5.35. The molecule has 2 N–H and O–H groups in total. The summed E-state index contributed by atoms with van der Waals surface area (Å²) in [7, 11) is -10.8. The zero-order chi connectivity index (χ0) is 35.7. The molecule has 0 radical (unpaired) electrons. The smallest absolute Gasteiger partial charge is 0.380 e. The predicted octanol–water partition coefficient (Wildman–Crippen LogP) is 5.10. The highest BCUT2D eigenvalue weighted by Crippen LogP contribution is 2.36. The molecule has 0 saturated carbocycles. The van der Waals surface area contributed by atoms with Gasteiger partial charge in [0, 0.05) is 47.9 Å². The first-order chi connectivity index (χ1) is 23.2. The van der Waals surface area contributed by atoms with E-state index in [4.69, 9.17) is 4.74 Å². The topological polar surface area (TPSA) is 125 Å². The fourth-order valence-corrected chi connectivity index (χ4v) is 8.37. The number of anilines is 1. The van der Waals surface area contributed by atoms with Crippen molar-refractivity contribution in [3.8, 4) is 0 Å². The van der Waals surface area contributed by atoms with Crippen molar-refractivity contribution in [1.29, 1.82) is 0 Å². The van der Waals surface area contributed by atoms with Crippen LogP contribution in [0.4, 0.5) is 18.9 Å². The number of carbonyl (C=O) groups excluding carboxylic acids is 1. The van der Waals surface area contributed by atoms with Crippen LogP contribution in [0, 0.1) is 0 Å². The second-order valence-corrected chi connectivity index (χ2v) is 16.1. The molecule has 1 saturated heterocycles. The van der Waals surface area contributed by atoms with Gasteiger partial charge in [-0.15, -0.1) is 11.8 Å². The molecular formula is C33H41F3N4O6S3. The lowest BCUT2D eigenvalue weighted by molar-refractivity contribution is -0.0435. The van der Waals surface area contributed by atoms with Crippen LogP contribution in [0.5, 0.6) is 0 Å². The van der Waals surface area contributed by atoms with Gasteiger partial charge in [-0.1, -0.05) is 50.2 Å². The number of alkyl halides is 3. The number of hydrogen-bond donors (Lipinski definition) is 2. The third-order valence-electron chi connectivity index (χ3n) is 8.15. The number of benzene rings is 3. The van der Waals surface area contributed by atoms with Gasteiger partial charge in [-0.3, -0.25) is 9.69 Å². The number of halogens is 3. The van der Waals surface area contributed by atoms with Crippen LogP contribution in [0.25, 0.3) is 0 Å². The minimum absolute atomic E-state index is 0.00846. The van der Waals surface area contributed by atoms with Gasteiger partial charge in [0.15, 0.2) is 0 Å². The first kappa shape index (κ1) is 38.6. The molecule has 10 nitrogen and oxygen atoms in total. The van der Waals surface area contributed by atoms with Crippen LogP contribution in [0.3, 0.4) is 0 Å². The molecule has 16 heteroatoms. The lowest BCUT2D eigenvalue weighted by Gasteiger charge is -2.39. The van der Waals surface area contributed by atoms with E-state index in [0.29, 0.717) is 44.5 Å². The molecule has 3 aromatic carbocycles. The molecule has 1 heterocycles. The van der Waals surface area contributed by atoms with Crippen molar-refractivity contribution >= 4 is 43.2 Å². The lowest BCUT2D eigenvalue weighted by Crippen LogP contribution is -2.52. The molecule has 0 spiro atoms. The normalized spacial score (nSPS) is 16.7. The van der Waals surface area contributed by atoms with E-state index >= 15 is 0 Å². The van der Waals surface area contributed by atoms with Gasteiger partial charge in [-0.2, -0.15) is 13.2 Å². The van der Waals surface area contributed by atoms with E-state index in [1.165, 1.54) is 36.0 Å². The number of hydrogen-bond acceptors (Lipinski definition) is 10. The maximum absolute atomic E-state index is 14.0. The van der Waals surface area contributed by atoms with Crippen LogP contribution in [-0.4, -0.2) is 102 Å². The highest BCUT2D eigenvalue weighted by Gasteiger charge is 2.48. The quantitative estimate of drug-likeness (QED) is 0.192. The van der Waals surface area contributed by atoms with E-state index in [0.717, 1.165) is 36.7 Å². The van der Waals surface area contributed by atoms with Crippen molar-refractivity contribution in [3.63, 3.8) is 0 Å². The molecule has 1 aliphatic heterocycles. The molecule has 0 unspecified atom stereocenters. The molecule has 1 fully saturated rings. The number of likely N-dealkylation sites (N-methyl/N-ethyl adjacent to an activating group) is 1. The van der Waals surface area contributed by atoms with Crippen molar-refractivity contribution in [2.75, 3.05) is 57.0 Å². The Bertz CT molecular complexity index is 1740. The van der Waals surface area contributed by atoms with Crippen LogP contribution >= 0.6 is 11.8 Å². The summed E-state index contributed by atoms with van der Waals surface area (Å²) in [6.07, 6.45) is 0.438. The molecule has 1 amide bonds. The summed E-state index contributed by atoms with van der Waals surface area (Å²) in [5, 5.41) is 3.01. The lowest BCUT2D eigenvalue weighted by atomic mass is 10.1. The van der Waals surface area contributed by atoms with Crippen molar-refractivity contribution in [1.82, 2.24) is 14.5 Å². The average Bonchev–Trinajstić information content (AvgIpc) is 3.09. The van der Waals surface area contributed by atoms with Gasteiger partial charge in [0.05, 0.1) is 23.8 Å². The SMILES string of the molecule is CCN(CC)C[C@@H]1COCCN1CC[C@H](CSc1ccccc1)Nc1ccc(S(=O)(=O)NC(=O)c2ccccc2)cc1S(=O)(=O)C(F)(F)F. The summed E-state index contributed by atoms with van der Waals surface area (Å²) in [4.78, 5) is 16.0. The maximum Gasteiger partial charge on any atom is 0.501 e. The van der Waals surface area contributed by atoms with Crippen molar-refractivity contribution < 1.29 is 39.5 Å². The summed E-state index contributed by atoms with van der Waals surface area (Å²) < 4.78 is 102. The summed E-state index contributed by atoms with van der Waals surface area (Å²) in [6, 6.07) is 18.7. The first-order valence-electron chi connectivity index (χ1n) is 15.8. The Balaban J connectivity index is 1.65. The molecule has 0 aliphatic carbocycles. The number of carbonyl (C=O) groups is 1. The number of nitrogens with zero attached hydrogens (tertiary/aromatic N) is 2. The summed E-state index contributed by atoms with van der Waals surface area (Å²) in [5.41, 5.74) is -6.13. The van der Waals surface area contributed by atoms with E-state index in [1.54, 1.807) is 10.8 Å². The van der Waals surface area contributed by atoms with Gasteiger partial charge in [-0.05, 0) is 62.0 Å². The van der Waals surface area contributed by atoms with Gasteiger partial charge < -0.3 is 15.0 Å². The minimum atomic E-state index is -6.03. The van der Waals surface area contributed by atoms with Gasteiger partial charge in [0.25, 0.3) is 25.8 Å². The van der Waals surface area contributed by atoms with Crippen LogP contribution in [0.1, 0.15) is 30.6 Å². The molecule has 4 rings (SSSR count). The molecule has 268 valence electrons. The van der Waals surface area contributed by atoms with Gasteiger partial charge in [0.1, 0.15) is 4.90 Å². The van der Waals surface area contributed by atoms with E-state index < -0.39 is 52.8 Å². The summed E-state index contributed by atoms with van der Waals surface area (Å²) >= 11 is 1.46. The molecular weight excluding hydrogens is 702 g/mol. The fraction of sp³-hybridized carbons (Fsp3) is 0.424. The Hall–Kier alpha value is -3.15. The van der Waals surface area contributed by atoms with Crippen LogP contribution in [0.2, 0.25) is 0 Å². The average molecular weight is 743 g/mol. The number of thioether (sulfide) groups is 1. The van der Waals surface area contributed by atoms with Crippen LogP contribution in [0.15, 0.2) is 93.5 Å². The number of amides is 1. The Kier molecular flexibility index (Phi) is 13.6.